The van der Waals surface area contributed by atoms with Crippen LogP contribution in [0.5, 0.6) is 5.75 Å². The maximum absolute atomic E-state index is 14.7. The Balaban J connectivity index is 1.54. The van der Waals surface area contributed by atoms with E-state index in [9.17, 15) is 13.2 Å². The number of hydrogen-bond donors (Lipinski definition) is 0. The molecular weight excluding hydrogens is 349 g/mol. The molecule has 0 bridgehead atoms. The molecule has 2 unspecified atom stereocenters. The second kappa shape index (κ2) is 7.73. The lowest BCUT2D eigenvalue weighted by Crippen LogP contribution is -2.30. The fourth-order valence-electron chi connectivity index (χ4n) is 5.39. The summed E-state index contributed by atoms with van der Waals surface area (Å²) in [6.07, 6.45) is 8.82. The van der Waals surface area contributed by atoms with E-state index in [2.05, 4.69) is 11.7 Å². The third-order valence-electron chi connectivity index (χ3n) is 6.89. The Morgan fingerprint density at radius 2 is 1.78 bits per heavy atom. The van der Waals surface area contributed by atoms with Crippen molar-refractivity contribution in [2.45, 2.75) is 64.4 Å². The van der Waals surface area contributed by atoms with Gasteiger partial charge in [-0.3, -0.25) is 0 Å². The Kier molecular flexibility index (Phi) is 5.34. The van der Waals surface area contributed by atoms with E-state index in [-0.39, 0.29) is 11.6 Å². The second-order valence-electron chi connectivity index (χ2n) is 8.38. The topological polar surface area (TPSA) is 9.23 Å². The monoisotopic (exact) mass is 376 g/mol. The second-order valence-corrected chi connectivity index (χ2v) is 8.38. The predicted octanol–water partition coefficient (Wildman–Crippen LogP) is 7.29. The Labute approximate surface area is 158 Å². The number of halogens is 3. The van der Waals surface area contributed by atoms with Gasteiger partial charge >= 0.3 is 6.61 Å². The third-order valence-corrected chi connectivity index (χ3v) is 6.89. The number of ether oxygens (including phenoxy) is 1. The molecule has 1 nitrogen and oxygen atoms in total. The largest absolute Gasteiger partial charge is 0.435 e. The van der Waals surface area contributed by atoms with Crippen LogP contribution in [0.1, 0.15) is 63.4 Å². The van der Waals surface area contributed by atoms with Crippen molar-refractivity contribution in [1.82, 2.24) is 0 Å². The molecule has 0 N–H and O–H groups in total. The summed E-state index contributed by atoms with van der Waals surface area (Å²) < 4.78 is 43.9. The molecule has 0 aliphatic heterocycles. The molecule has 2 aromatic rings. The van der Waals surface area contributed by atoms with E-state index in [1.807, 2.05) is 6.07 Å². The van der Waals surface area contributed by atoms with Crippen LogP contribution in [0.25, 0.3) is 10.8 Å². The summed E-state index contributed by atoms with van der Waals surface area (Å²) in [5.74, 6) is 2.56. The molecule has 0 heterocycles. The normalized spacial score (nSPS) is 28.3. The van der Waals surface area contributed by atoms with Crippen LogP contribution in [0.2, 0.25) is 0 Å². The highest BCUT2D eigenvalue weighted by Crippen LogP contribution is 2.48. The summed E-state index contributed by atoms with van der Waals surface area (Å²) in [6.45, 7) is -0.602. The highest BCUT2D eigenvalue weighted by atomic mass is 19.3. The molecule has 2 aliphatic carbocycles. The van der Waals surface area contributed by atoms with Crippen LogP contribution >= 0.6 is 0 Å². The van der Waals surface area contributed by atoms with Crippen LogP contribution in [0.4, 0.5) is 13.2 Å². The van der Waals surface area contributed by atoms with Gasteiger partial charge in [-0.1, -0.05) is 31.9 Å². The summed E-state index contributed by atoms with van der Waals surface area (Å²) in [5.41, 5.74) is 1.05. The molecule has 0 amide bonds. The van der Waals surface area contributed by atoms with E-state index < -0.39 is 6.61 Å². The van der Waals surface area contributed by atoms with E-state index in [1.54, 1.807) is 12.1 Å². The van der Waals surface area contributed by atoms with Crippen molar-refractivity contribution in [3.8, 4) is 5.75 Å². The summed E-state index contributed by atoms with van der Waals surface area (Å²) >= 11 is 0. The maximum Gasteiger partial charge on any atom is 0.387 e. The lowest BCUT2D eigenvalue weighted by Gasteiger charge is -2.42. The van der Waals surface area contributed by atoms with Crippen LogP contribution in [0.3, 0.4) is 0 Å². The van der Waals surface area contributed by atoms with E-state index >= 15 is 0 Å². The van der Waals surface area contributed by atoms with Crippen molar-refractivity contribution in [3.05, 3.63) is 41.7 Å². The number of hydrogen-bond acceptors (Lipinski definition) is 1. The first kappa shape index (κ1) is 18.6. The maximum atomic E-state index is 14.7. The van der Waals surface area contributed by atoms with Gasteiger partial charge in [-0.2, -0.15) is 8.78 Å². The van der Waals surface area contributed by atoms with Crippen LogP contribution < -0.4 is 4.74 Å². The van der Waals surface area contributed by atoms with Crippen molar-refractivity contribution in [2.75, 3.05) is 0 Å². The minimum atomic E-state index is -2.90. The molecular formula is C23H27F3O. The molecule has 2 fully saturated rings. The standard InChI is InChI=1S/C23H27F3O/c1-2-14-3-4-16-10-17(6-5-15(16)9-14)19-11-18-7-8-20(27-23(25)26)13-21(18)22(24)12-19/h7-8,11-17,23H,2-6,9-10H2,1H3/t14-,15?,16-,17?/m1/s1. The molecule has 2 saturated carbocycles. The highest BCUT2D eigenvalue weighted by molar-refractivity contribution is 5.85. The molecule has 146 valence electrons. The van der Waals surface area contributed by atoms with Gasteiger partial charge in [0.25, 0.3) is 0 Å². The molecule has 0 radical (unpaired) electrons. The van der Waals surface area contributed by atoms with Gasteiger partial charge in [0.15, 0.2) is 0 Å². The zero-order valence-corrected chi connectivity index (χ0v) is 15.8. The Bertz CT molecular complexity index is 804. The van der Waals surface area contributed by atoms with Crippen LogP contribution in [0.15, 0.2) is 30.3 Å². The minimum Gasteiger partial charge on any atom is -0.435 e. The van der Waals surface area contributed by atoms with Gasteiger partial charge in [0.2, 0.25) is 0 Å². The van der Waals surface area contributed by atoms with Crippen LogP contribution in [-0.4, -0.2) is 6.61 Å². The molecule has 2 aliphatic rings. The minimum absolute atomic E-state index is 0.00246. The van der Waals surface area contributed by atoms with Gasteiger partial charge < -0.3 is 4.74 Å². The van der Waals surface area contributed by atoms with E-state index in [1.165, 1.54) is 44.2 Å². The van der Waals surface area contributed by atoms with Gasteiger partial charge in [0, 0.05) is 5.39 Å². The van der Waals surface area contributed by atoms with Crippen LogP contribution in [0, 0.1) is 23.6 Å². The average Bonchev–Trinajstić information content (AvgIpc) is 2.67. The predicted molar refractivity (Wildman–Crippen MR) is 102 cm³/mol. The number of fused-ring (bicyclic) bond motifs is 2. The van der Waals surface area contributed by atoms with Gasteiger partial charge in [-0.05, 0) is 84.9 Å². The Morgan fingerprint density at radius 3 is 2.56 bits per heavy atom. The molecule has 0 aromatic heterocycles. The first-order valence-electron chi connectivity index (χ1n) is 10.2. The molecule has 4 heteroatoms. The zero-order chi connectivity index (χ0) is 19.0. The van der Waals surface area contributed by atoms with Crippen molar-refractivity contribution >= 4 is 10.8 Å². The SMILES string of the molecule is CC[C@@H]1CC[C@@H]2CC(c3cc(F)c4cc(OC(F)F)ccc4c3)CCC2C1. The van der Waals surface area contributed by atoms with Crippen LogP contribution in [-0.2, 0) is 0 Å². The molecule has 0 saturated heterocycles. The van der Waals surface area contributed by atoms with Crippen molar-refractivity contribution in [2.24, 2.45) is 17.8 Å². The van der Waals surface area contributed by atoms with E-state index in [0.29, 0.717) is 11.3 Å². The summed E-state index contributed by atoms with van der Waals surface area (Å²) in [5, 5.41) is 1.09. The smallest absolute Gasteiger partial charge is 0.387 e. The zero-order valence-electron chi connectivity index (χ0n) is 15.8. The lowest BCUT2D eigenvalue weighted by molar-refractivity contribution is -0.0497. The van der Waals surface area contributed by atoms with E-state index in [0.717, 1.165) is 41.5 Å². The lowest BCUT2D eigenvalue weighted by atomic mass is 9.63. The number of rotatable bonds is 4. The average molecular weight is 376 g/mol. The van der Waals surface area contributed by atoms with Crippen molar-refractivity contribution in [1.29, 1.82) is 0 Å². The molecule has 4 rings (SSSR count). The first-order valence-corrected chi connectivity index (χ1v) is 10.2. The van der Waals surface area contributed by atoms with Crippen molar-refractivity contribution < 1.29 is 17.9 Å². The summed E-state index contributed by atoms with van der Waals surface area (Å²) in [7, 11) is 0. The Hall–Kier alpha value is -1.71. The van der Waals surface area contributed by atoms with Gasteiger partial charge in [-0.15, -0.1) is 0 Å². The van der Waals surface area contributed by atoms with E-state index in [4.69, 9.17) is 0 Å². The van der Waals surface area contributed by atoms with Gasteiger partial charge in [0.05, 0.1) is 0 Å². The molecule has 2 aromatic carbocycles. The number of benzene rings is 2. The third kappa shape index (κ3) is 3.95. The van der Waals surface area contributed by atoms with Gasteiger partial charge in [-0.25, -0.2) is 4.39 Å². The summed E-state index contributed by atoms with van der Waals surface area (Å²) in [6, 6.07) is 8.17. The fraction of sp³-hybridized carbons (Fsp3) is 0.565. The quantitative estimate of drug-likeness (QED) is 0.544. The fourth-order valence-corrected chi connectivity index (χ4v) is 5.39. The van der Waals surface area contributed by atoms with Gasteiger partial charge in [0.1, 0.15) is 11.6 Å². The molecule has 4 atom stereocenters. The molecule has 27 heavy (non-hydrogen) atoms. The van der Waals surface area contributed by atoms with Crippen molar-refractivity contribution in [3.63, 3.8) is 0 Å². The summed E-state index contributed by atoms with van der Waals surface area (Å²) in [4.78, 5) is 0. The molecule has 0 spiro atoms. The first-order chi connectivity index (χ1) is 13.0. The highest BCUT2D eigenvalue weighted by Gasteiger charge is 2.35. The number of alkyl halides is 2. The Morgan fingerprint density at radius 1 is 1.00 bits per heavy atom.